The van der Waals surface area contributed by atoms with Gasteiger partial charge in [0.1, 0.15) is 12.6 Å². The third kappa shape index (κ3) is 7.34. The van der Waals surface area contributed by atoms with E-state index in [-0.39, 0.29) is 18.3 Å². The third-order valence-electron chi connectivity index (χ3n) is 4.46. The number of carbonyl (C=O) groups excluding carboxylic acids is 3. The van der Waals surface area contributed by atoms with Gasteiger partial charge in [0.15, 0.2) is 12.4 Å². The Labute approximate surface area is 178 Å². The summed E-state index contributed by atoms with van der Waals surface area (Å²) < 4.78 is 11.2. The van der Waals surface area contributed by atoms with Crippen LogP contribution in [0.5, 0.6) is 0 Å². The van der Waals surface area contributed by atoms with Gasteiger partial charge in [-0.25, -0.2) is 9.59 Å². The van der Waals surface area contributed by atoms with Gasteiger partial charge in [0.2, 0.25) is 0 Å². The lowest BCUT2D eigenvalue weighted by Crippen LogP contribution is -2.46. The molecule has 0 aliphatic heterocycles. The summed E-state index contributed by atoms with van der Waals surface area (Å²) in [7, 11) is 0. The molecule has 1 amide bonds. The van der Waals surface area contributed by atoms with Crippen LogP contribution in [0.4, 0.5) is 4.79 Å². The monoisotopic (exact) mass is 461 g/mol. The van der Waals surface area contributed by atoms with Gasteiger partial charge in [0, 0.05) is 10.0 Å². The number of hydrogen-bond acceptors (Lipinski definition) is 5. The van der Waals surface area contributed by atoms with E-state index in [0.29, 0.717) is 12.0 Å². The summed E-state index contributed by atoms with van der Waals surface area (Å²) in [5.74, 6) is -1.17. The van der Waals surface area contributed by atoms with Crippen molar-refractivity contribution >= 4 is 33.8 Å². The van der Waals surface area contributed by atoms with Gasteiger partial charge in [-0.05, 0) is 23.6 Å². The van der Waals surface area contributed by atoms with Crippen molar-refractivity contribution in [2.45, 2.75) is 32.9 Å². The minimum Gasteiger partial charge on any atom is -0.456 e. The number of halogens is 1. The van der Waals surface area contributed by atoms with Crippen molar-refractivity contribution in [3.8, 4) is 0 Å². The third-order valence-corrected chi connectivity index (χ3v) is 4.99. The smallest absolute Gasteiger partial charge is 0.408 e. The molecule has 0 saturated heterocycles. The van der Waals surface area contributed by atoms with E-state index in [1.807, 2.05) is 44.2 Å². The predicted octanol–water partition coefficient (Wildman–Crippen LogP) is 4.52. The second-order valence-corrected chi connectivity index (χ2v) is 7.52. The van der Waals surface area contributed by atoms with Crippen LogP contribution in [0.25, 0.3) is 0 Å². The van der Waals surface area contributed by atoms with Gasteiger partial charge < -0.3 is 14.8 Å². The van der Waals surface area contributed by atoms with Crippen LogP contribution in [0, 0.1) is 5.92 Å². The Morgan fingerprint density at radius 2 is 1.66 bits per heavy atom. The molecule has 29 heavy (non-hydrogen) atoms. The molecule has 0 heterocycles. The van der Waals surface area contributed by atoms with Crippen molar-refractivity contribution in [2.24, 2.45) is 5.92 Å². The van der Waals surface area contributed by atoms with Crippen LogP contribution in [-0.2, 0) is 20.9 Å². The molecule has 0 aliphatic rings. The van der Waals surface area contributed by atoms with Crippen LogP contribution in [-0.4, -0.2) is 30.5 Å². The second-order valence-electron chi connectivity index (χ2n) is 6.61. The van der Waals surface area contributed by atoms with Gasteiger partial charge in [0.25, 0.3) is 0 Å². The van der Waals surface area contributed by atoms with E-state index in [4.69, 9.17) is 9.47 Å². The molecule has 0 fully saturated rings. The van der Waals surface area contributed by atoms with Crippen LogP contribution in [0.1, 0.15) is 36.2 Å². The molecule has 0 radical (unpaired) electrons. The number of ether oxygens (including phenoxy) is 2. The number of rotatable bonds is 9. The second kappa shape index (κ2) is 11.4. The fraction of sp³-hybridized carbons (Fsp3) is 0.318. The van der Waals surface area contributed by atoms with E-state index in [0.717, 1.165) is 10.0 Å². The van der Waals surface area contributed by atoms with Crippen LogP contribution < -0.4 is 5.32 Å². The molecular formula is C22H24BrNO5. The number of ketones is 1. The van der Waals surface area contributed by atoms with Gasteiger partial charge in [0.05, 0.1) is 0 Å². The van der Waals surface area contributed by atoms with Crippen molar-refractivity contribution in [3.05, 3.63) is 70.2 Å². The average molecular weight is 462 g/mol. The fourth-order valence-corrected chi connectivity index (χ4v) is 2.77. The number of esters is 1. The molecular weight excluding hydrogens is 438 g/mol. The standard InChI is InChI=1S/C22H24BrNO5/c1-3-15(2)20(24-22(27)29-13-16-7-5-4-6-8-16)21(26)28-14-19(25)17-9-11-18(23)12-10-17/h4-12,15,20H,3,13-14H2,1-2H3,(H,24,27)/t15-,20+/m1/s1. The number of hydrogen-bond donors (Lipinski definition) is 1. The first-order valence-electron chi connectivity index (χ1n) is 9.33. The van der Waals surface area contributed by atoms with Gasteiger partial charge in [-0.3, -0.25) is 4.79 Å². The first-order chi connectivity index (χ1) is 13.9. The quantitative estimate of drug-likeness (QED) is 0.438. The molecule has 2 rings (SSSR count). The van der Waals surface area contributed by atoms with Crippen LogP contribution >= 0.6 is 15.9 Å². The SMILES string of the molecule is CC[C@@H](C)[C@H](NC(=O)OCc1ccccc1)C(=O)OCC(=O)c1ccc(Br)cc1. The largest absolute Gasteiger partial charge is 0.456 e. The van der Waals surface area contributed by atoms with Crippen molar-refractivity contribution < 1.29 is 23.9 Å². The van der Waals surface area contributed by atoms with Crippen LogP contribution in [0.3, 0.4) is 0 Å². The topological polar surface area (TPSA) is 81.7 Å². The van der Waals surface area contributed by atoms with Gasteiger partial charge in [-0.1, -0.05) is 78.7 Å². The Kier molecular flexibility index (Phi) is 8.86. The van der Waals surface area contributed by atoms with E-state index < -0.39 is 24.7 Å². The summed E-state index contributed by atoms with van der Waals surface area (Å²) in [4.78, 5) is 36.8. The summed E-state index contributed by atoms with van der Waals surface area (Å²) in [6.07, 6.45) is -0.0744. The van der Waals surface area contributed by atoms with E-state index in [2.05, 4.69) is 21.2 Å². The molecule has 0 saturated carbocycles. The lowest BCUT2D eigenvalue weighted by Gasteiger charge is -2.22. The normalized spacial score (nSPS) is 12.5. The zero-order valence-electron chi connectivity index (χ0n) is 16.4. The highest BCUT2D eigenvalue weighted by atomic mass is 79.9. The Morgan fingerprint density at radius 3 is 2.28 bits per heavy atom. The first kappa shape index (κ1) is 22.6. The first-order valence-corrected chi connectivity index (χ1v) is 10.1. The Bertz CT molecular complexity index is 823. The fourth-order valence-electron chi connectivity index (χ4n) is 2.51. The maximum atomic E-state index is 12.5. The summed E-state index contributed by atoms with van der Waals surface area (Å²) in [5, 5.41) is 2.56. The predicted molar refractivity (Wildman–Crippen MR) is 112 cm³/mol. The van der Waals surface area contributed by atoms with Gasteiger partial charge in [-0.2, -0.15) is 0 Å². The van der Waals surface area contributed by atoms with E-state index >= 15 is 0 Å². The van der Waals surface area contributed by atoms with E-state index in [1.54, 1.807) is 24.3 Å². The molecule has 2 atom stereocenters. The molecule has 6 nitrogen and oxygen atoms in total. The maximum absolute atomic E-state index is 12.5. The zero-order chi connectivity index (χ0) is 21.2. The summed E-state index contributed by atoms with van der Waals surface area (Å²) in [6.45, 7) is 3.42. The number of alkyl carbamates (subject to hydrolysis) is 1. The van der Waals surface area contributed by atoms with Gasteiger partial charge in [-0.15, -0.1) is 0 Å². The summed E-state index contributed by atoms with van der Waals surface area (Å²) in [6, 6.07) is 15.1. The molecule has 0 bridgehead atoms. The average Bonchev–Trinajstić information content (AvgIpc) is 2.74. The van der Waals surface area contributed by atoms with E-state index in [9.17, 15) is 14.4 Å². The maximum Gasteiger partial charge on any atom is 0.408 e. The molecule has 7 heteroatoms. The van der Waals surface area contributed by atoms with E-state index in [1.165, 1.54) is 0 Å². The number of carbonyl (C=O) groups is 3. The van der Waals surface area contributed by atoms with Gasteiger partial charge >= 0.3 is 12.1 Å². The van der Waals surface area contributed by atoms with Crippen LogP contribution in [0.2, 0.25) is 0 Å². The minimum absolute atomic E-state index is 0.0942. The number of nitrogens with one attached hydrogen (secondary N) is 1. The van der Waals surface area contributed by atoms with Crippen molar-refractivity contribution in [3.63, 3.8) is 0 Å². The highest BCUT2D eigenvalue weighted by molar-refractivity contribution is 9.10. The highest BCUT2D eigenvalue weighted by Gasteiger charge is 2.28. The minimum atomic E-state index is -0.902. The Hall–Kier alpha value is -2.67. The van der Waals surface area contributed by atoms with Crippen molar-refractivity contribution in [1.82, 2.24) is 5.32 Å². The molecule has 1 N–H and O–H groups in total. The molecule has 0 spiro atoms. The lowest BCUT2D eigenvalue weighted by molar-refractivity contribution is -0.146. The summed E-state index contributed by atoms with van der Waals surface area (Å²) in [5.41, 5.74) is 1.28. The molecule has 0 aromatic heterocycles. The van der Waals surface area contributed by atoms with Crippen LogP contribution in [0.15, 0.2) is 59.1 Å². The number of Topliss-reactive ketones (excluding diaryl/α,β-unsaturated/α-hetero) is 1. The molecule has 2 aromatic carbocycles. The Balaban J connectivity index is 1.90. The lowest BCUT2D eigenvalue weighted by atomic mass is 9.99. The Morgan fingerprint density at radius 1 is 1.00 bits per heavy atom. The summed E-state index contributed by atoms with van der Waals surface area (Å²) >= 11 is 3.30. The number of benzene rings is 2. The van der Waals surface area contributed by atoms with Crippen molar-refractivity contribution in [2.75, 3.05) is 6.61 Å². The molecule has 154 valence electrons. The van der Waals surface area contributed by atoms with Crippen molar-refractivity contribution in [1.29, 1.82) is 0 Å². The molecule has 2 aromatic rings. The highest BCUT2D eigenvalue weighted by Crippen LogP contribution is 2.13. The zero-order valence-corrected chi connectivity index (χ0v) is 18.0. The molecule has 0 unspecified atom stereocenters. The number of amides is 1. The molecule has 0 aliphatic carbocycles.